The van der Waals surface area contributed by atoms with E-state index in [1.165, 1.54) is 0 Å². The van der Waals surface area contributed by atoms with Crippen LogP contribution in [0.2, 0.25) is 10.0 Å². The molecule has 162 valence electrons. The van der Waals surface area contributed by atoms with Gasteiger partial charge in [0.05, 0.1) is 0 Å². The minimum Gasteiger partial charge on any atom is -0.354 e. The maximum Gasteiger partial charge on any atom is 0.242 e. The van der Waals surface area contributed by atoms with E-state index in [-0.39, 0.29) is 11.8 Å². The van der Waals surface area contributed by atoms with Gasteiger partial charge in [0.15, 0.2) is 0 Å². The largest absolute Gasteiger partial charge is 0.354 e. The van der Waals surface area contributed by atoms with Gasteiger partial charge in [-0.1, -0.05) is 55.2 Å². The second-order valence-corrected chi connectivity index (χ2v) is 9.49. The van der Waals surface area contributed by atoms with Crippen molar-refractivity contribution in [2.24, 2.45) is 5.92 Å². The molecule has 30 heavy (non-hydrogen) atoms. The number of carbonyl (C=O) groups is 2. The van der Waals surface area contributed by atoms with Crippen LogP contribution in [0.1, 0.15) is 32.8 Å². The third kappa shape index (κ3) is 7.86. The van der Waals surface area contributed by atoms with Crippen LogP contribution in [0.3, 0.4) is 0 Å². The van der Waals surface area contributed by atoms with Gasteiger partial charge < -0.3 is 10.2 Å². The van der Waals surface area contributed by atoms with Crippen LogP contribution in [-0.4, -0.2) is 35.1 Å². The van der Waals surface area contributed by atoms with E-state index in [0.29, 0.717) is 41.2 Å². The molecule has 0 aliphatic rings. The van der Waals surface area contributed by atoms with E-state index in [4.69, 9.17) is 23.2 Å². The van der Waals surface area contributed by atoms with E-state index >= 15 is 0 Å². The second-order valence-electron chi connectivity index (χ2n) is 7.48. The fourth-order valence-electron chi connectivity index (χ4n) is 2.78. The van der Waals surface area contributed by atoms with E-state index in [1.54, 1.807) is 29.7 Å². The fraction of sp³-hybridized carbons (Fsp3) is 0.391. The lowest BCUT2D eigenvalue weighted by atomic mass is 10.1. The highest BCUT2D eigenvalue weighted by molar-refractivity contribution is 7.99. The Kier molecular flexibility index (Phi) is 10.0. The molecule has 0 radical (unpaired) electrons. The van der Waals surface area contributed by atoms with Crippen molar-refractivity contribution in [3.63, 3.8) is 0 Å². The predicted molar refractivity (Wildman–Crippen MR) is 126 cm³/mol. The third-order valence-electron chi connectivity index (χ3n) is 4.55. The molecule has 1 atom stereocenters. The number of hydrogen-bond acceptors (Lipinski definition) is 3. The Balaban J connectivity index is 2.06. The number of benzene rings is 2. The Morgan fingerprint density at radius 3 is 2.33 bits per heavy atom. The summed E-state index contributed by atoms with van der Waals surface area (Å²) in [5.74, 6) is 0.711. The smallest absolute Gasteiger partial charge is 0.242 e. The molecular formula is C23H28Cl2N2O2S. The molecule has 0 spiro atoms. The summed E-state index contributed by atoms with van der Waals surface area (Å²) >= 11 is 13.8. The number of halogens is 2. The molecule has 2 rings (SSSR count). The number of nitrogens with one attached hydrogen (secondary N) is 1. The molecule has 2 amide bonds. The van der Waals surface area contributed by atoms with Gasteiger partial charge in [0.25, 0.3) is 0 Å². The highest BCUT2D eigenvalue weighted by Crippen LogP contribution is 2.23. The summed E-state index contributed by atoms with van der Waals surface area (Å²) in [4.78, 5) is 28.4. The van der Waals surface area contributed by atoms with Crippen molar-refractivity contribution in [3.05, 3.63) is 64.1 Å². The van der Waals surface area contributed by atoms with Crippen molar-refractivity contribution in [1.29, 1.82) is 0 Å². The lowest BCUT2D eigenvalue weighted by Gasteiger charge is -2.29. The summed E-state index contributed by atoms with van der Waals surface area (Å²) in [6.45, 7) is 6.69. The number of nitrogens with zero attached hydrogens (tertiary/aromatic N) is 1. The van der Waals surface area contributed by atoms with Crippen LogP contribution in [0.15, 0.2) is 53.4 Å². The molecular weight excluding hydrogens is 439 g/mol. The molecule has 0 aromatic heterocycles. The zero-order valence-electron chi connectivity index (χ0n) is 17.5. The normalized spacial score (nSPS) is 11.9. The van der Waals surface area contributed by atoms with Crippen LogP contribution in [0.4, 0.5) is 0 Å². The van der Waals surface area contributed by atoms with Gasteiger partial charge in [0.2, 0.25) is 11.8 Å². The fourth-order valence-corrected chi connectivity index (χ4v) is 3.94. The van der Waals surface area contributed by atoms with Crippen LogP contribution in [-0.2, 0) is 16.1 Å². The summed E-state index contributed by atoms with van der Waals surface area (Å²) < 4.78 is 0. The lowest BCUT2D eigenvalue weighted by molar-refractivity contribution is -0.140. The predicted octanol–water partition coefficient (Wildman–Crippen LogP) is 5.67. The van der Waals surface area contributed by atoms with E-state index in [0.717, 1.165) is 10.5 Å². The summed E-state index contributed by atoms with van der Waals surface area (Å²) in [5.41, 5.74) is 0.821. The molecule has 0 aliphatic carbocycles. The first kappa shape index (κ1) is 24.6. The molecule has 0 fully saturated rings. The molecule has 0 unspecified atom stereocenters. The number of hydrogen-bond donors (Lipinski definition) is 1. The monoisotopic (exact) mass is 466 g/mol. The van der Waals surface area contributed by atoms with Gasteiger partial charge in [0, 0.05) is 40.2 Å². The van der Waals surface area contributed by atoms with Crippen molar-refractivity contribution in [2.75, 3.05) is 12.3 Å². The Bertz CT molecular complexity index is 843. The van der Waals surface area contributed by atoms with Gasteiger partial charge in [-0.05, 0) is 48.7 Å². The van der Waals surface area contributed by atoms with E-state index in [1.807, 2.05) is 56.3 Å². The highest BCUT2D eigenvalue weighted by Gasteiger charge is 2.26. The first-order valence-electron chi connectivity index (χ1n) is 9.97. The average molecular weight is 467 g/mol. The Hall–Kier alpha value is -1.69. The zero-order chi connectivity index (χ0) is 22.1. The lowest BCUT2D eigenvalue weighted by Crippen LogP contribution is -2.48. The third-order valence-corrected chi connectivity index (χ3v) is 6.18. The molecule has 0 heterocycles. The Morgan fingerprint density at radius 1 is 1.03 bits per heavy atom. The van der Waals surface area contributed by atoms with E-state index in [9.17, 15) is 9.59 Å². The van der Waals surface area contributed by atoms with Crippen LogP contribution < -0.4 is 5.32 Å². The molecule has 0 bridgehead atoms. The van der Waals surface area contributed by atoms with Crippen molar-refractivity contribution >= 4 is 46.8 Å². The molecule has 2 aromatic rings. The molecule has 2 aromatic carbocycles. The van der Waals surface area contributed by atoms with E-state index in [2.05, 4.69) is 5.32 Å². The van der Waals surface area contributed by atoms with Crippen LogP contribution in [0.5, 0.6) is 0 Å². The highest BCUT2D eigenvalue weighted by atomic mass is 35.5. The first-order valence-corrected chi connectivity index (χ1v) is 11.7. The molecule has 0 saturated carbocycles. The average Bonchev–Trinajstić information content (AvgIpc) is 2.72. The van der Waals surface area contributed by atoms with Crippen molar-refractivity contribution in [1.82, 2.24) is 10.2 Å². The number of rotatable bonds is 10. The summed E-state index contributed by atoms with van der Waals surface area (Å²) in [5, 5.41) is 4.19. The van der Waals surface area contributed by atoms with Gasteiger partial charge in [0.1, 0.15) is 6.04 Å². The number of thioether (sulfide) groups is 1. The quantitative estimate of drug-likeness (QED) is 0.459. The van der Waals surface area contributed by atoms with Gasteiger partial charge in [-0.2, -0.15) is 0 Å². The zero-order valence-corrected chi connectivity index (χ0v) is 19.9. The molecule has 1 N–H and O–H groups in total. The van der Waals surface area contributed by atoms with Crippen LogP contribution in [0, 0.1) is 5.92 Å². The Labute approximate surface area is 193 Å². The number of amides is 2. The minimum absolute atomic E-state index is 0.0800. The molecule has 0 saturated heterocycles. The maximum atomic E-state index is 13.1. The first-order chi connectivity index (χ1) is 14.3. The molecule has 7 heteroatoms. The van der Waals surface area contributed by atoms with E-state index < -0.39 is 6.04 Å². The van der Waals surface area contributed by atoms with Crippen molar-refractivity contribution in [3.8, 4) is 0 Å². The van der Waals surface area contributed by atoms with Crippen LogP contribution in [0.25, 0.3) is 0 Å². The summed E-state index contributed by atoms with van der Waals surface area (Å²) in [6.07, 6.45) is 0.319. The number of carbonyl (C=O) groups excluding carboxylic acids is 2. The maximum absolute atomic E-state index is 13.1. The second kappa shape index (κ2) is 12.2. The van der Waals surface area contributed by atoms with Crippen molar-refractivity contribution in [2.45, 2.75) is 44.7 Å². The summed E-state index contributed by atoms with van der Waals surface area (Å²) in [6, 6.07) is 14.3. The van der Waals surface area contributed by atoms with Gasteiger partial charge in [-0.15, -0.1) is 11.8 Å². The standard InChI is InChI=1S/C23H28Cl2N2O2S/c1-16(2)14-26-23(29)17(3)27(15-18-6-4-5-7-21(18)25)22(28)12-13-30-20-10-8-19(24)9-11-20/h4-11,16-17H,12-15H2,1-3H3,(H,26,29)/t17-/m0/s1. The van der Waals surface area contributed by atoms with Gasteiger partial charge >= 0.3 is 0 Å². The summed E-state index contributed by atoms with van der Waals surface area (Å²) in [7, 11) is 0. The topological polar surface area (TPSA) is 49.4 Å². The van der Waals surface area contributed by atoms with Gasteiger partial charge in [-0.3, -0.25) is 9.59 Å². The Morgan fingerprint density at radius 2 is 1.70 bits per heavy atom. The van der Waals surface area contributed by atoms with Crippen LogP contribution >= 0.6 is 35.0 Å². The minimum atomic E-state index is -0.590. The molecule has 4 nitrogen and oxygen atoms in total. The van der Waals surface area contributed by atoms with Gasteiger partial charge in [-0.25, -0.2) is 0 Å². The molecule has 0 aliphatic heterocycles. The van der Waals surface area contributed by atoms with Crippen molar-refractivity contribution < 1.29 is 9.59 Å². The SMILES string of the molecule is CC(C)CNC(=O)[C@H](C)N(Cc1ccccc1Cl)C(=O)CCSc1ccc(Cl)cc1.